The number of aromatic nitrogens is 5. The Balaban J connectivity index is 1.13. The molecule has 3 heterocycles. The molecule has 0 atom stereocenters. The van der Waals surface area contributed by atoms with Crippen LogP contribution in [0.4, 0.5) is 0 Å². The molecule has 0 spiro atoms. The third-order valence-electron chi connectivity index (χ3n) is 9.72. The average Bonchev–Trinajstić information content (AvgIpc) is 3.80. The van der Waals surface area contributed by atoms with E-state index in [0.717, 1.165) is 91.1 Å². The third-order valence-corrected chi connectivity index (χ3v) is 9.72. The van der Waals surface area contributed by atoms with Crippen molar-refractivity contribution in [2.75, 3.05) is 0 Å². The number of hydrogen-bond acceptors (Lipinski definition) is 5. The Morgan fingerprint density at radius 2 is 1.13 bits per heavy atom. The molecular formula is C46H31N5O. The predicted molar refractivity (Wildman–Crippen MR) is 209 cm³/mol. The van der Waals surface area contributed by atoms with Gasteiger partial charge in [-0.05, 0) is 60.4 Å². The second-order valence-corrected chi connectivity index (χ2v) is 13.0. The summed E-state index contributed by atoms with van der Waals surface area (Å²) in [5, 5.41) is 1.98. The van der Waals surface area contributed by atoms with Gasteiger partial charge in [0.05, 0.1) is 11.4 Å². The molecule has 52 heavy (non-hydrogen) atoms. The van der Waals surface area contributed by atoms with E-state index in [1.807, 2.05) is 78.9 Å². The van der Waals surface area contributed by atoms with Crippen LogP contribution in [0, 0.1) is 0 Å². The number of imidazole rings is 1. The highest BCUT2D eigenvalue weighted by Crippen LogP contribution is 2.39. The molecule has 0 saturated carbocycles. The first kappa shape index (κ1) is 29.9. The molecule has 6 heteroatoms. The summed E-state index contributed by atoms with van der Waals surface area (Å²) in [6.07, 6.45) is 6.40. The van der Waals surface area contributed by atoms with Crippen molar-refractivity contribution in [3.8, 4) is 62.4 Å². The molecule has 3 aromatic heterocycles. The highest BCUT2D eigenvalue weighted by atomic mass is 16.3. The SMILES string of the molecule is C1=Cc2c(nc(-c3ccccc3)n2-c2cccc(-c3ccc4oc5cccc(-c6nc(-c7ccccc7)nc(-c7ccccc7)n6)c5c4c3)c2)CC1. The zero-order chi connectivity index (χ0) is 34.4. The summed E-state index contributed by atoms with van der Waals surface area (Å²) in [7, 11) is 0. The van der Waals surface area contributed by atoms with Gasteiger partial charge in [0.1, 0.15) is 17.0 Å². The monoisotopic (exact) mass is 669 g/mol. The lowest BCUT2D eigenvalue weighted by Crippen LogP contribution is -2.02. The highest BCUT2D eigenvalue weighted by Gasteiger charge is 2.21. The van der Waals surface area contributed by atoms with Gasteiger partial charge in [0, 0.05) is 38.7 Å². The topological polar surface area (TPSA) is 69.6 Å². The normalized spacial score (nSPS) is 12.4. The van der Waals surface area contributed by atoms with Gasteiger partial charge >= 0.3 is 0 Å². The number of hydrogen-bond donors (Lipinski definition) is 0. The van der Waals surface area contributed by atoms with Crippen LogP contribution in [0.2, 0.25) is 0 Å². The van der Waals surface area contributed by atoms with Crippen molar-refractivity contribution >= 4 is 28.0 Å². The van der Waals surface area contributed by atoms with Crippen LogP contribution in [0.1, 0.15) is 17.8 Å². The quantitative estimate of drug-likeness (QED) is 0.176. The molecule has 0 saturated heterocycles. The molecule has 9 aromatic rings. The molecule has 0 radical (unpaired) electrons. The van der Waals surface area contributed by atoms with E-state index >= 15 is 0 Å². The Kier molecular flexibility index (Phi) is 7.17. The van der Waals surface area contributed by atoms with E-state index in [-0.39, 0.29) is 0 Å². The maximum Gasteiger partial charge on any atom is 0.164 e. The second-order valence-electron chi connectivity index (χ2n) is 13.0. The molecule has 0 fully saturated rings. The van der Waals surface area contributed by atoms with Crippen molar-refractivity contribution < 1.29 is 4.42 Å². The van der Waals surface area contributed by atoms with Crippen molar-refractivity contribution in [3.05, 3.63) is 169 Å². The maximum atomic E-state index is 6.45. The molecule has 0 N–H and O–H groups in total. The molecule has 0 bridgehead atoms. The summed E-state index contributed by atoms with van der Waals surface area (Å²) in [5.41, 5.74) is 11.0. The molecule has 246 valence electrons. The smallest absolute Gasteiger partial charge is 0.164 e. The number of furan rings is 1. The van der Waals surface area contributed by atoms with Crippen molar-refractivity contribution in [2.45, 2.75) is 12.8 Å². The van der Waals surface area contributed by atoms with E-state index in [2.05, 4.69) is 89.5 Å². The number of benzene rings is 6. The summed E-state index contributed by atoms with van der Waals surface area (Å²) >= 11 is 0. The lowest BCUT2D eigenvalue weighted by atomic mass is 10.00. The molecule has 6 aromatic carbocycles. The number of allylic oxidation sites excluding steroid dienone is 1. The van der Waals surface area contributed by atoms with Gasteiger partial charge in [-0.2, -0.15) is 0 Å². The van der Waals surface area contributed by atoms with Crippen LogP contribution in [0.25, 0.3) is 90.4 Å². The molecule has 1 aliphatic carbocycles. The second kappa shape index (κ2) is 12.4. The van der Waals surface area contributed by atoms with Gasteiger partial charge in [-0.15, -0.1) is 0 Å². The van der Waals surface area contributed by atoms with Crippen LogP contribution >= 0.6 is 0 Å². The summed E-state index contributed by atoms with van der Waals surface area (Å²) < 4.78 is 8.75. The Morgan fingerprint density at radius 3 is 1.87 bits per heavy atom. The number of aryl methyl sites for hydroxylation is 1. The van der Waals surface area contributed by atoms with E-state index in [4.69, 9.17) is 24.4 Å². The van der Waals surface area contributed by atoms with Crippen molar-refractivity contribution in [2.24, 2.45) is 0 Å². The van der Waals surface area contributed by atoms with Gasteiger partial charge in [-0.25, -0.2) is 19.9 Å². The van der Waals surface area contributed by atoms with Gasteiger partial charge in [-0.1, -0.05) is 127 Å². The fourth-order valence-corrected chi connectivity index (χ4v) is 7.24. The largest absolute Gasteiger partial charge is 0.456 e. The zero-order valence-electron chi connectivity index (χ0n) is 28.1. The predicted octanol–water partition coefficient (Wildman–Crippen LogP) is 11.3. The number of fused-ring (bicyclic) bond motifs is 4. The molecule has 0 aliphatic heterocycles. The van der Waals surface area contributed by atoms with Crippen LogP contribution in [0.5, 0.6) is 0 Å². The molecule has 6 nitrogen and oxygen atoms in total. The first-order valence-corrected chi connectivity index (χ1v) is 17.5. The minimum Gasteiger partial charge on any atom is -0.456 e. The van der Waals surface area contributed by atoms with E-state index in [1.54, 1.807) is 0 Å². The van der Waals surface area contributed by atoms with Crippen LogP contribution in [0.3, 0.4) is 0 Å². The number of nitrogens with zero attached hydrogens (tertiary/aromatic N) is 5. The van der Waals surface area contributed by atoms with E-state index in [1.165, 1.54) is 0 Å². The molecule has 0 unspecified atom stereocenters. The Labute approximate surface area is 300 Å². The molecule has 10 rings (SSSR count). The standard InChI is InChI=1S/C46H31N5O/c1-4-14-30(15-5-1)43-48-44(31-16-6-2-7-17-31)50-45(49-43)36-22-13-25-41-42(36)37-29-34(26-27-40(37)52-41)33-20-12-21-35(28-33)51-39-24-11-10-23-38(39)47-46(51)32-18-8-3-9-19-32/h1-9,11-22,24-29H,10,23H2. The van der Waals surface area contributed by atoms with E-state index < -0.39 is 0 Å². The van der Waals surface area contributed by atoms with Crippen molar-refractivity contribution in [1.29, 1.82) is 0 Å². The van der Waals surface area contributed by atoms with Gasteiger partial charge in [-0.3, -0.25) is 4.57 Å². The lowest BCUT2D eigenvalue weighted by Gasteiger charge is -2.14. The van der Waals surface area contributed by atoms with Crippen molar-refractivity contribution in [3.63, 3.8) is 0 Å². The summed E-state index contributed by atoms with van der Waals surface area (Å²) in [6, 6.07) is 51.8. The van der Waals surface area contributed by atoms with Crippen molar-refractivity contribution in [1.82, 2.24) is 24.5 Å². The lowest BCUT2D eigenvalue weighted by molar-refractivity contribution is 0.669. The Bertz CT molecular complexity index is 2730. The van der Waals surface area contributed by atoms with Gasteiger partial charge in [0.25, 0.3) is 0 Å². The average molecular weight is 670 g/mol. The van der Waals surface area contributed by atoms with Gasteiger partial charge in [0.15, 0.2) is 17.5 Å². The van der Waals surface area contributed by atoms with Crippen LogP contribution < -0.4 is 0 Å². The molecule has 0 amide bonds. The fourth-order valence-electron chi connectivity index (χ4n) is 7.24. The summed E-state index contributed by atoms with van der Waals surface area (Å²) in [5.74, 6) is 2.80. The third kappa shape index (κ3) is 5.20. The molecular weight excluding hydrogens is 639 g/mol. The zero-order valence-corrected chi connectivity index (χ0v) is 28.1. The van der Waals surface area contributed by atoms with E-state index in [9.17, 15) is 0 Å². The van der Waals surface area contributed by atoms with Gasteiger partial charge < -0.3 is 4.42 Å². The van der Waals surface area contributed by atoms with Crippen LogP contribution in [-0.2, 0) is 6.42 Å². The first-order chi connectivity index (χ1) is 25.8. The number of rotatable bonds is 6. The molecule has 1 aliphatic rings. The fraction of sp³-hybridized carbons (Fsp3) is 0.0435. The maximum absolute atomic E-state index is 6.45. The Morgan fingerprint density at radius 1 is 0.500 bits per heavy atom. The highest BCUT2D eigenvalue weighted by molar-refractivity contribution is 6.12. The minimum absolute atomic E-state index is 0.597. The van der Waals surface area contributed by atoms with Crippen LogP contribution in [-0.4, -0.2) is 24.5 Å². The Hall–Kier alpha value is -6.92. The first-order valence-electron chi connectivity index (χ1n) is 17.5. The summed E-state index contributed by atoms with van der Waals surface area (Å²) in [4.78, 5) is 20.1. The van der Waals surface area contributed by atoms with Crippen LogP contribution in [0.15, 0.2) is 162 Å². The minimum atomic E-state index is 0.597. The van der Waals surface area contributed by atoms with Gasteiger partial charge in [0.2, 0.25) is 0 Å². The van der Waals surface area contributed by atoms with E-state index in [0.29, 0.717) is 17.5 Å². The summed E-state index contributed by atoms with van der Waals surface area (Å²) in [6.45, 7) is 0.